The van der Waals surface area contributed by atoms with Crippen LogP contribution in [0.25, 0.3) is 11.7 Å². The van der Waals surface area contributed by atoms with E-state index in [0.29, 0.717) is 17.5 Å². The van der Waals surface area contributed by atoms with Crippen LogP contribution in [0.15, 0.2) is 21.3 Å². The summed E-state index contributed by atoms with van der Waals surface area (Å²) >= 11 is 0. The Morgan fingerprint density at radius 2 is 2.12 bits per heavy atom. The molecule has 2 N–H and O–H groups in total. The molecule has 0 radical (unpaired) electrons. The lowest BCUT2D eigenvalue weighted by Crippen LogP contribution is -2.18. The lowest BCUT2D eigenvalue weighted by atomic mass is 10.1. The van der Waals surface area contributed by atoms with Crippen molar-refractivity contribution in [2.75, 3.05) is 0 Å². The smallest absolute Gasteiger partial charge is 0.293 e. The number of furan rings is 1. The third-order valence-electron chi connectivity index (χ3n) is 2.51. The van der Waals surface area contributed by atoms with Crippen LogP contribution < -0.4 is 5.73 Å². The molecule has 0 aliphatic heterocycles. The first-order valence-corrected chi connectivity index (χ1v) is 5.23. The van der Waals surface area contributed by atoms with Gasteiger partial charge in [0, 0.05) is 5.56 Å². The summed E-state index contributed by atoms with van der Waals surface area (Å²) in [6.07, 6.45) is 1.59. The normalized spacial score (nSPS) is 13.3. The standard InChI is InChI=1S/C11H15N3O2/c1-6(2)8(12)10-13-11(16-14-10)9-7(3)4-5-15-9/h4-6,8H,12H2,1-3H3. The first-order chi connectivity index (χ1) is 7.59. The van der Waals surface area contributed by atoms with Crippen molar-refractivity contribution in [2.24, 2.45) is 11.7 Å². The quantitative estimate of drug-likeness (QED) is 0.860. The van der Waals surface area contributed by atoms with E-state index in [-0.39, 0.29) is 12.0 Å². The van der Waals surface area contributed by atoms with Gasteiger partial charge in [-0.25, -0.2) is 0 Å². The summed E-state index contributed by atoms with van der Waals surface area (Å²) in [6, 6.07) is 1.63. The van der Waals surface area contributed by atoms with Gasteiger partial charge in [0.15, 0.2) is 11.6 Å². The summed E-state index contributed by atoms with van der Waals surface area (Å²) in [5.41, 5.74) is 6.89. The van der Waals surface area contributed by atoms with E-state index in [4.69, 9.17) is 14.7 Å². The van der Waals surface area contributed by atoms with Crippen LogP contribution in [0.1, 0.15) is 31.3 Å². The molecule has 2 aromatic rings. The predicted molar refractivity (Wildman–Crippen MR) is 58.5 cm³/mol. The number of hydrogen-bond acceptors (Lipinski definition) is 5. The zero-order valence-electron chi connectivity index (χ0n) is 9.60. The second-order valence-corrected chi connectivity index (χ2v) is 4.16. The van der Waals surface area contributed by atoms with Crippen LogP contribution in [0.4, 0.5) is 0 Å². The van der Waals surface area contributed by atoms with Gasteiger partial charge in [0.2, 0.25) is 0 Å². The lowest BCUT2D eigenvalue weighted by Gasteiger charge is -2.09. The molecule has 1 unspecified atom stereocenters. The number of aryl methyl sites for hydroxylation is 1. The summed E-state index contributed by atoms with van der Waals surface area (Å²) in [6.45, 7) is 5.95. The second-order valence-electron chi connectivity index (χ2n) is 4.16. The number of hydrogen-bond donors (Lipinski definition) is 1. The molecule has 5 nitrogen and oxygen atoms in total. The Morgan fingerprint density at radius 1 is 1.38 bits per heavy atom. The zero-order chi connectivity index (χ0) is 11.7. The lowest BCUT2D eigenvalue weighted by molar-refractivity contribution is 0.391. The van der Waals surface area contributed by atoms with Crippen LogP contribution in [-0.4, -0.2) is 10.1 Å². The topological polar surface area (TPSA) is 78.1 Å². The van der Waals surface area contributed by atoms with E-state index in [0.717, 1.165) is 5.56 Å². The third-order valence-corrected chi connectivity index (χ3v) is 2.51. The Balaban J connectivity index is 2.30. The van der Waals surface area contributed by atoms with Crippen molar-refractivity contribution in [1.29, 1.82) is 0 Å². The fourth-order valence-electron chi connectivity index (χ4n) is 1.35. The molecule has 0 saturated carbocycles. The van der Waals surface area contributed by atoms with Crippen LogP contribution in [0, 0.1) is 12.8 Å². The maximum atomic E-state index is 5.93. The molecule has 16 heavy (non-hydrogen) atoms. The maximum absolute atomic E-state index is 5.93. The Morgan fingerprint density at radius 3 is 2.69 bits per heavy atom. The van der Waals surface area contributed by atoms with E-state index in [1.165, 1.54) is 0 Å². The van der Waals surface area contributed by atoms with Crippen molar-refractivity contribution in [3.05, 3.63) is 23.7 Å². The van der Waals surface area contributed by atoms with Crippen LogP contribution in [0.3, 0.4) is 0 Å². The minimum atomic E-state index is -0.215. The number of nitrogens with zero attached hydrogens (tertiary/aromatic N) is 2. The Kier molecular flexibility index (Phi) is 2.78. The van der Waals surface area contributed by atoms with Crippen molar-refractivity contribution in [3.63, 3.8) is 0 Å². The van der Waals surface area contributed by atoms with E-state index in [1.807, 2.05) is 26.8 Å². The summed E-state index contributed by atoms with van der Waals surface area (Å²) in [7, 11) is 0. The Hall–Kier alpha value is -1.62. The van der Waals surface area contributed by atoms with Gasteiger partial charge >= 0.3 is 0 Å². The largest absolute Gasteiger partial charge is 0.459 e. The second kappa shape index (κ2) is 4.09. The van der Waals surface area contributed by atoms with Gasteiger partial charge in [-0.05, 0) is 18.9 Å². The molecule has 0 aliphatic carbocycles. The summed E-state index contributed by atoms with van der Waals surface area (Å²) in [4.78, 5) is 4.24. The van der Waals surface area contributed by atoms with Crippen molar-refractivity contribution in [3.8, 4) is 11.7 Å². The first kappa shape index (κ1) is 10.9. The number of aromatic nitrogens is 2. The summed E-state index contributed by atoms with van der Waals surface area (Å²) in [5, 5.41) is 3.86. The van der Waals surface area contributed by atoms with E-state index < -0.39 is 0 Å². The van der Waals surface area contributed by atoms with Crippen LogP contribution in [0.2, 0.25) is 0 Å². The molecule has 0 saturated heterocycles. The highest BCUT2D eigenvalue weighted by atomic mass is 16.5. The average Bonchev–Trinajstić information content (AvgIpc) is 2.84. The molecule has 2 heterocycles. The molecule has 0 aromatic carbocycles. The monoisotopic (exact) mass is 221 g/mol. The molecular weight excluding hydrogens is 206 g/mol. The van der Waals surface area contributed by atoms with Gasteiger partial charge in [0.1, 0.15) is 0 Å². The third kappa shape index (κ3) is 1.86. The number of nitrogens with two attached hydrogens (primary N) is 1. The molecule has 0 bridgehead atoms. The van der Waals surface area contributed by atoms with Crippen molar-refractivity contribution in [2.45, 2.75) is 26.8 Å². The van der Waals surface area contributed by atoms with Gasteiger partial charge in [-0.2, -0.15) is 4.98 Å². The molecule has 0 amide bonds. The molecule has 0 aliphatic rings. The Labute approximate surface area is 93.6 Å². The van der Waals surface area contributed by atoms with Gasteiger partial charge < -0.3 is 14.7 Å². The molecular formula is C11H15N3O2. The minimum absolute atomic E-state index is 0.215. The van der Waals surface area contributed by atoms with Crippen molar-refractivity contribution < 1.29 is 8.94 Å². The molecule has 0 fully saturated rings. The van der Waals surface area contributed by atoms with Crippen molar-refractivity contribution >= 4 is 0 Å². The summed E-state index contributed by atoms with van der Waals surface area (Å²) in [5.74, 6) is 1.77. The molecule has 2 rings (SSSR count). The van der Waals surface area contributed by atoms with Gasteiger partial charge in [-0.1, -0.05) is 19.0 Å². The highest BCUT2D eigenvalue weighted by Crippen LogP contribution is 2.24. The van der Waals surface area contributed by atoms with Gasteiger partial charge in [0.25, 0.3) is 5.89 Å². The van der Waals surface area contributed by atoms with Crippen LogP contribution in [-0.2, 0) is 0 Å². The molecule has 5 heteroatoms. The predicted octanol–water partition coefficient (Wildman–Crippen LogP) is 2.29. The fourth-order valence-corrected chi connectivity index (χ4v) is 1.35. The summed E-state index contributed by atoms with van der Waals surface area (Å²) < 4.78 is 10.4. The Bertz CT molecular complexity index is 473. The number of rotatable bonds is 3. The van der Waals surface area contributed by atoms with Gasteiger partial charge in [-0.15, -0.1) is 0 Å². The SMILES string of the molecule is Cc1ccoc1-c1nc(C(N)C(C)C)no1. The zero-order valence-corrected chi connectivity index (χ0v) is 9.60. The van der Waals surface area contributed by atoms with Crippen LogP contribution >= 0.6 is 0 Å². The van der Waals surface area contributed by atoms with E-state index >= 15 is 0 Å². The molecule has 0 spiro atoms. The molecule has 1 atom stereocenters. The average molecular weight is 221 g/mol. The van der Waals surface area contributed by atoms with Gasteiger partial charge in [-0.3, -0.25) is 0 Å². The molecule has 2 aromatic heterocycles. The van der Waals surface area contributed by atoms with E-state index in [2.05, 4.69) is 10.1 Å². The molecule has 86 valence electrons. The van der Waals surface area contributed by atoms with E-state index in [9.17, 15) is 0 Å². The minimum Gasteiger partial charge on any atom is -0.459 e. The first-order valence-electron chi connectivity index (χ1n) is 5.23. The highest BCUT2D eigenvalue weighted by Gasteiger charge is 2.20. The van der Waals surface area contributed by atoms with E-state index in [1.54, 1.807) is 6.26 Å². The van der Waals surface area contributed by atoms with Crippen molar-refractivity contribution in [1.82, 2.24) is 10.1 Å². The highest BCUT2D eigenvalue weighted by molar-refractivity contribution is 5.49. The fraction of sp³-hybridized carbons (Fsp3) is 0.455. The maximum Gasteiger partial charge on any atom is 0.293 e. The van der Waals surface area contributed by atoms with Crippen LogP contribution in [0.5, 0.6) is 0 Å². The van der Waals surface area contributed by atoms with Gasteiger partial charge in [0.05, 0.1) is 12.3 Å².